The fourth-order valence-electron chi connectivity index (χ4n) is 2.63. The number of nitrogens with zero attached hydrogens (tertiary/aromatic N) is 2. The van der Waals surface area contributed by atoms with Gasteiger partial charge in [0.05, 0.1) is 4.92 Å². The zero-order chi connectivity index (χ0) is 14.5. The van der Waals surface area contributed by atoms with E-state index in [1.807, 2.05) is 0 Å². The van der Waals surface area contributed by atoms with E-state index >= 15 is 0 Å². The number of hydrogen-bond acceptors (Lipinski definition) is 4. The molecule has 1 amide bonds. The first-order chi connectivity index (χ1) is 9.56. The molecule has 0 aliphatic heterocycles. The van der Waals surface area contributed by atoms with Crippen LogP contribution >= 0.6 is 0 Å². The predicted molar refractivity (Wildman–Crippen MR) is 75.5 cm³/mol. The fourth-order valence-corrected chi connectivity index (χ4v) is 2.63. The van der Waals surface area contributed by atoms with Crippen LogP contribution in [0.15, 0.2) is 12.3 Å². The fraction of sp³-hybridized carbons (Fsp3) is 0.571. The Balaban J connectivity index is 1.95. The molecule has 0 atom stereocenters. The number of pyridine rings is 1. The molecule has 0 bridgehead atoms. The normalized spacial score (nSPS) is 15.8. The molecule has 1 aromatic rings. The number of aromatic nitrogens is 1. The summed E-state index contributed by atoms with van der Waals surface area (Å²) in [6.07, 6.45) is 7.57. The molecule has 108 valence electrons. The average Bonchev–Trinajstić information content (AvgIpc) is 2.42. The van der Waals surface area contributed by atoms with Crippen molar-refractivity contribution in [3.8, 4) is 0 Å². The number of nitrogens with one attached hydrogen (secondary N) is 1. The molecule has 1 aliphatic rings. The Morgan fingerprint density at radius 3 is 2.75 bits per heavy atom. The lowest BCUT2D eigenvalue weighted by atomic mass is 9.87. The maximum atomic E-state index is 12.0. The minimum absolute atomic E-state index is 0.0543. The molecule has 1 fully saturated rings. The SMILES string of the molecule is Cc1cc([N+](=O)[O-])cnc1NC(=O)CC1CCCCC1. The van der Waals surface area contributed by atoms with Crippen molar-refractivity contribution in [2.24, 2.45) is 5.92 Å². The standard InChI is InChI=1S/C14H19N3O3/c1-10-7-12(17(19)20)9-15-14(10)16-13(18)8-11-5-3-2-4-6-11/h7,9,11H,2-6,8H2,1H3,(H,15,16,18). The van der Waals surface area contributed by atoms with E-state index in [2.05, 4.69) is 10.3 Å². The highest BCUT2D eigenvalue weighted by atomic mass is 16.6. The van der Waals surface area contributed by atoms with E-state index in [9.17, 15) is 14.9 Å². The molecule has 6 nitrogen and oxygen atoms in total. The van der Waals surface area contributed by atoms with Crippen molar-refractivity contribution < 1.29 is 9.72 Å². The smallest absolute Gasteiger partial charge is 0.287 e. The zero-order valence-corrected chi connectivity index (χ0v) is 11.6. The van der Waals surface area contributed by atoms with E-state index in [-0.39, 0.29) is 11.6 Å². The second-order valence-electron chi connectivity index (χ2n) is 5.37. The second kappa shape index (κ2) is 6.45. The van der Waals surface area contributed by atoms with Crippen LogP contribution in [0, 0.1) is 23.0 Å². The van der Waals surface area contributed by atoms with Crippen LogP contribution in [0.2, 0.25) is 0 Å². The van der Waals surface area contributed by atoms with Crippen molar-refractivity contribution in [1.82, 2.24) is 4.98 Å². The summed E-state index contributed by atoms with van der Waals surface area (Å²) in [4.78, 5) is 26.1. The van der Waals surface area contributed by atoms with E-state index in [4.69, 9.17) is 0 Å². The average molecular weight is 277 g/mol. The van der Waals surface area contributed by atoms with Gasteiger partial charge in [0.15, 0.2) is 0 Å². The van der Waals surface area contributed by atoms with E-state index in [0.717, 1.165) is 12.8 Å². The molecule has 1 heterocycles. The lowest BCUT2D eigenvalue weighted by Gasteiger charge is -2.20. The van der Waals surface area contributed by atoms with Crippen LogP contribution in [0.1, 0.15) is 44.1 Å². The summed E-state index contributed by atoms with van der Waals surface area (Å²) in [7, 11) is 0. The highest BCUT2D eigenvalue weighted by molar-refractivity contribution is 5.90. The third-order valence-electron chi connectivity index (χ3n) is 3.73. The minimum atomic E-state index is -0.492. The van der Waals surface area contributed by atoms with Gasteiger partial charge in [-0.3, -0.25) is 14.9 Å². The van der Waals surface area contributed by atoms with Crippen molar-refractivity contribution in [2.45, 2.75) is 45.4 Å². The van der Waals surface area contributed by atoms with Gasteiger partial charge in [0.1, 0.15) is 12.0 Å². The Kier molecular flexibility index (Phi) is 4.65. The van der Waals surface area contributed by atoms with E-state index < -0.39 is 4.92 Å². The number of carbonyl (C=O) groups is 1. The first-order valence-corrected chi connectivity index (χ1v) is 6.97. The molecule has 0 radical (unpaired) electrons. The van der Waals surface area contributed by atoms with Crippen LogP contribution in [-0.2, 0) is 4.79 Å². The summed E-state index contributed by atoms with van der Waals surface area (Å²) >= 11 is 0. The van der Waals surface area contributed by atoms with Crippen molar-refractivity contribution in [3.05, 3.63) is 27.9 Å². The first kappa shape index (κ1) is 14.4. The Labute approximate surface area is 117 Å². The molecule has 1 aliphatic carbocycles. The van der Waals surface area contributed by atoms with Crippen molar-refractivity contribution in [1.29, 1.82) is 0 Å². The molecule has 6 heteroatoms. The third-order valence-corrected chi connectivity index (χ3v) is 3.73. The molecular weight excluding hydrogens is 258 g/mol. The molecule has 1 aromatic heterocycles. The molecule has 0 aromatic carbocycles. The summed E-state index contributed by atoms with van der Waals surface area (Å²) in [5, 5.41) is 13.4. The molecule has 0 saturated heterocycles. The van der Waals surface area contributed by atoms with Gasteiger partial charge in [0.25, 0.3) is 5.69 Å². The number of amides is 1. The van der Waals surface area contributed by atoms with Crippen LogP contribution in [0.3, 0.4) is 0 Å². The Hall–Kier alpha value is -1.98. The van der Waals surface area contributed by atoms with E-state index in [1.165, 1.54) is 31.5 Å². The van der Waals surface area contributed by atoms with Gasteiger partial charge >= 0.3 is 0 Å². The number of aryl methyl sites for hydroxylation is 1. The highest BCUT2D eigenvalue weighted by Crippen LogP contribution is 2.27. The summed E-state index contributed by atoms with van der Waals surface area (Å²) < 4.78 is 0. The summed E-state index contributed by atoms with van der Waals surface area (Å²) in [6, 6.07) is 1.42. The predicted octanol–water partition coefficient (Wildman–Crippen LogP) is 3.21. The monoisotopic (exact) mass is 277 g/mol. The van der Waals surface area contributed by atoms with Gasteiger partial charge in [-0.1, -0.05) is 19.3 Å². The molecule has 2 rings (SSSR count). The Morgan fingerprint density at radius 1 is 1.45 bits per heavy atom. The maximum Gasteiger partial charge on any atom is 0.287 e. The molecule has 20 heavy (non-hydrogen) atoms. The molecule has 0 spiro atoms. The summed E-state index contributed by atoms with van der Waals surface area (Å²) in [5.41, 5.74) is 0.545. The summed E-state index contributed by atoms with van der Waals surface area (Å²) in [5.74, 6) is 0.819. The van der Waals surface area contributed by atoms with Crippen LogP contribution in [0.4, 0.5) is 11.5 Å². The quantitative estimate of drug-likeness (QED) is 0.676. The number of hydrogen-bond donors (Lipinski definition) is 1. The van der Waals surface area contributed by atoms with Gasteiger partial charge in [0, 0.05) is 12.5 Å². The van der Waals surface area contributed by atoms with Gasteiger partial charge in [-0.2, -0.15) is 0 Å². The van der Waals surface area contributed by atoms with Crippen LogP contribution < -0.4 is 5.32 Å². The molecule has 1 N–H and O–H groups in total. The molecule has 1 saturated carbocycles. The van der Waals surface area contributed by atoms with Crippen LogP contribution in [0.25, 0.3) is 0 Å². The van der Waals surface area contributed by atoms with Crippen LogP contribution in [0.5, 0.6) is 0 Å². The second-order valence-corrected chi connectivity index (χ2v) is 5.37. The van der Waals surface area contributed by atoms with Crippen molar-refractivity contribution in [3.63, 3.8) is 0 Å². The van der Waals surface area contributed by atoms with E-state index in [1.54, 1.807) is 6.92 Å². The van der Waals surface area contributed by atoms with Gasteiger partial charge in [-0.05, 0) is 31.2 Å². The lowest BCUT2D eigenvalue weighted by Crippen LogP contribution is -2.19. The van der Waals surface area contributed by atoms with Crippen LogP contribution in [-0.4, -0.2) is 15.8 Å². The maximum absolute atomic E-state index is 12.0. The largest absolute Gasteiger partial charge is 0.310 e. The van der Waals surface area contributed by atoms with Crippen molar-refractivity contribution in [2.75, 3.05) is 5.32 Å². The Bertz CT molecular complexity index is 510. The third kappa shape index (κ3) is 3.76. The van der Waals surface area contributed by atoms with E-state index in [0.29, 0.717) is 23.7 Å². The molecular formula is C14H19N3O3. The number of anilines is 1. The van der Waals surface area contributed by atoms with Gasteiger partial charge in [-0.25, -0.2) is 4.98 Å². The zero-order valence-electron chi connectivity index (χ0n) is 11.6. The number of rotatable bonds is 4. The van der Waals surface area contributed by atoms with Gasteiger partial charge in [-0.15, -0.1) is 0 Å². The number of nitro groups is 1. The minimum Gasteiger partial charge on any atom is -0.310 e. The van der Waals surface area contributed by atoms with Gasteiger partial charge < -0.3 is 5.32 Å². The van der Waals surface area contributed by atoms with Crippen molar-refractivity contribution >= 4 is 17.4 Å². The Morgan fingerprint density at radius 2 is 2.15 bits per heavy atom. The lowest BCUT2D eigenvalue weighted by molar-refractivity contribution is -0.385. The molecule has 0 unspecified atom stereocenters. The highest BCUT2D eigenvalue weighted by Gasteiger charge is 2.18. The summed E-state index contributed by atoms with van der Waals surface area (Å²) in [6.45, 7) is 1.70. The first-order valence-electron chi connectivity index (χ1n) is 6.97. The van der Waals surface area contributed by atoms with Gasteiger partial charge in [0.2, 0.25) is 5.91 Å². The topological polar surface area (TPSA) is 85.1 Å². The number of carbonyl (C=O) groups excluding carboxylic acids is 1.